The molecule has 1 aliphatic heterocycles. The summed E-state index contributed by atoms with van der Waals surface area (Å²) in [6, 6.07) is 1.01. The van der Waals surface area contributed by atoms with Crippen LogP contribution in [0.5, 0.6) is 5.75 Å². The number of alkyl halides is 6. The van der Waals surface area contributed by atoms with Crippen LogP contribution in [0.25, 0.3) is 0 Å². The number of halogens is 6. The lowest BCUT2D eigenvalue weighted by Gasteiger charge is -2.32. The zero-order valence-corrected chi connectivity index (χ0v) is 13.0. The lowest BCUT2D eigenvalue weighted by atomic mass is 9.97. The molecule has 1 saturated heterocycles. The molecule has 0 N–H and O–H groups in total. The van der Waals surface area contributed by atoms with Crippen LogP contribution in [-0.2, 0) is 21.4 Å². The van der Waals surface area contributed by atoms with Gasteiger partial charge in [0.05, 0.1) is 24.3 Å². The van der Waals surface area contributed by atoms with Gasteiger partial charge in [0.2, 0.25) is 0 Å². The van der Waals surface area contributed by atoms with E-state index in [1.807, 2.05) is 13.8 Å². The molecule has 1 aliphatic rings. The van der Waals surface area contributed by atoms with Crippen LogP contribution in [0.3, 0.4) is 0 Å². The van der Waals surface area contributed by atoms with Gasteiger partial charge < -0.3 is 13.6 Å². The largest absolute Gasteiger partial charge is 0.427 e. The molecule has 1 fully saturated rings. The minimum Gasteiger partial charge on any atom is -0.427 e. The van der Waals surface area contributed by atoms with E-state index in [2.05, 4.69) is 0 Å². The molecule has 0 unspecified atom stereocenters. The van der Waals surface area contributed by atoms with E-state index < -0.39 is 37.8 Å². The van der Waals surface area contributed by atoms with Gasteiger partial charge in [-0.25, -0.2) is 0 Å². The molecule has 130 valence electrons. The molecule has 2 rings (SSSR count). The van der Waals surface area contributed by atoms with E-state index >= 15 is 0 Å². The van der Waals surface area contributed by atoms with Crippen molar-refractivity contribution in [2.75, 3.05) is 13.2 Å². The summed E-state index contributed by atoms with van der Waals surface area (Å²) >= 11 is 0. The van der Waals surface area contributed by atoms with E-state index in [-0.39, 0.29) is 24.7 Å². The van der Waals surface area contributed by atoms with Gasteiger partial charge in [-0.2, -0.15) is 26.3 Å². The molecule has 0 spiro atoms. The summed E-state index contributed by atoms with van der Waals surface area (Å²) in [5.74, 6) is -0.599. The quantitative estimate of drug-likeness (QED) is 0.521. The SMILES string of the molecule is CC1(C)COP(Oc2cc(C(F)(F)F)cc(C(F)(F)F)c2)OC1. The van der Waals surface area contributed by atoms with Crippen LogP contribution >= 0.6 is 8.60 Å². The van der Waals surface area contributed by atoms with Crippen molar-refractivity contribution in [3.8, 4) is 5.75 Å². The fourth-order valence-corrected chi connectivity index (χ4v) is 3.02. The van der Waals surface area contributed by atoms with Gasteiger partial charge in [0.15, 0.2) is 0 Å². The summed E-state index contributed by atoms with van der Waals surface area (Å²) < 4.78 is 91.9. The Kier molecular flexibility index (Phi) is 4.86. The molecule has 0 radical (unpaired) electrons. The highest BCUT2D eigenvalue weighted by molar-refractivity contribution is 7.42. The third-order valence-corrected chi connectivity index (χ3v) is 3.90. The standard InChI is InChI=1S/C13H13F6O3P/c1-11(2)6-20-23(21-7-11)22-10-4-8(12(14,15)16)3-9(5-10)13(17,18)19/h3-5H,6-7H2,1-2H3. The molecular weight excluding hydrogens is 349 g/mol. The topological polar surface area (TPSA) is 27.7 Å². The average Bonchev–Trinajstić information content (AvgIpc) is 2.39. The van der Waals surface area contributed by atoms with Crippen LogP contribution in [0, 0.1) is 5.41 Å². The van der Waals surface area contributed by atoms with Crippen molar-refractivity contribution >= 4 is 8.60 Å². The molecular formula is C13H13F6O3P. The average molecular weight is 362 g/mol. The second-order valence-electron chi connectivity index (χ2n) is 5.77. The van der Waals surface area contributed by atoms with Crippen molar-refractivity contribution < 1.29 is 39.9 Å². The van der Waals surface area contributed by atoms with Crippen molar-refractivity contribution in [3.05, 3.63) is 29.3 Å². The molecule has 3 nitrogen and oxygen atoms in total. The minimum absolute atomic E-state index is 0.0335. The summed E-state index contributed by atoms with van der Waals surface area (Å²) in [5.41, 5.74) is -3.20. The van der Waals surface area contributed by atoms with Gasteiger partial charge >= 0.3 is 21.0 Å². The predicted molar refractivity (Wildman–Crippen MR) is 69.7 cm³/mol. The monoisotopic (exact) mass is 362 g/mol. The van der Waals surface area contributed by atoms with Crippen molar-refractivity contribution in [2.24, 2.45) is 5.41 Å². The number of benzene rings is 1. The molecule has 0 aromatic heterocycles. The minimum atomic E-state index is -4.93. The smallest absolute Gasteiger partial charge is 0.416 e. The lowest BCUT2D eigenvalue weighted by Crippen LogP contribution is -2.29. The highest BCUT2D eigenvalue weighted by Gasteiger charge is 2.38. The first-order valence-electron chi connectivity index (χ1n) is 6.40. The summed E-state index contributed by atoms with van der Waals surface area (Å²) in [4.78, 5) is 0. The first-order valence-corrected chi connectivity index (χ1v) is 7.50. The van der Waals surface area contributed by atoms with Gasteiger partial charge in [-0.15, -0.1) is 0 Å². The predicted octanol–water partition coefficient (Wildman–Crippen LogP) is 5.40. The molecule has 1 aromatic carbocycles. The lowest BCUT2D eigenvalue weighted by molar-refractivity contribution is -0.143. The van der Waals surface area contributed by atoms with Crippen LogP contribution < -0.4 is 4.52 Å². The highest BCUT2D eigenvalue weighted by atomic mass is 31.2. The van der Waals surface area contributed by atoms with E-state index in [4.69, 9.17) is 13.6 Å². The van der Waals surface area contributed by atoms with Crippen molar-refractivity contribution in [2.45, 2.75) is 26.2 Å². The molecule has 10 heteroatoms. The van der Waals surface area contributed by atoms with Crippen LogP contribution in [0.4, 0.5) is 26.3 Å². The fourth-order valence-electron chi connectivity index (χ4n) is 1.65. The van der Waals surface area contributed by atoms with Crippen LogP contribution in [0.2, 0.25) is 0 Å². The number of hydrogen-bond acceptors (Lipinski definition) is 3. The van der Waals surface area contributed by atoms with Gasteiger partial charge in [-0.3, -0.25) is 0 Å². The van der Waals surface area contributed by atoms with Crippen molar-refractivity contribution in [1.82, 2.24) is 0 Å². The third kappa shape index (κ3) is 4.96. The molecule has 0 bridgehead atoms. The van der Waals surface area contributed by atoms with Gasteiger partial charge in [0.25, 0.3) is 0 Å². The molecule has 0 saturated carbocycles. The molecule has 1 aromatic rings. The maximum Gasteiger partial charge on any atom is 0.416 e. The maximum absolute atomic E-state index is 12.7. The Hall–Kier alpha value is -1.05. The number of hydrogen-bond donors (Lipinski definition) is 0. The van der Waals surface area contributed by atoms with Gasteiger partial charge in [-0.05, 0) is 18.2 Å². The first kappa shape index (κ1) is 18.3. The second kappa shape index (κ2) is 6.11. The van der Waals surface area contributed by atoms with E-state index in [1.165, 1.54) is 0 Å². The zero-order valence-electron chi connectivity index (χ0n) is 12.1. The highest BCUT2D eigenvalue weighted by Crippen LogP contribution is 2.48. The van der Waals surface area contributed by atoms with Crippen LogP contribution in [0.1, 0.15) is 25.0 Å². The molecule has 0 amide bonds. The van der Waals surface area contributed by atoms with Gasteiger partial charge in [0.1, 0.15) is 5.75 Å². The Labute approximate surface area is 129 Å². The van der Waals surface area contributed by atoms with Crippen molar-refractivity contribution in [3.63, 3.8) is 0 Å². The Morgan fingerprint density at radius 2 is 1.35 bits per heavy atom. The van der Waals surface area contributed by atoms with E-state index in [1.54, 1.807) is 0 Å². The van der Waals surface area contributed by atoms with E-state index in [0.717, 1.165) is 0 Å². The normalized spacial score (nSPS) is 19.7. The Balaban J connectivity index is 2.24. The third-order valence-electron chi connectivity index (χ3n) is 2.86. The summed E-state index contributed by atoms with van der Waals surface area (Å²) in [6.07, 6.45) is -9.86. The summed E-state index contributed by atoms with van der Waals surface area (Å²) in [6.45, 7) is 4.13. The molecule has 0 aliphatic carbocycles. The van der Waals surface area contributed by atoms with Gasteiger partial charge in [-0.1, -0.05) is 13.8 Å². The second-order valence-corrected chi connectivity index (χ2v) is 6.91. The summed E-state index contributed by atoms with van der Waals surface area (Å²) in [5, 5.41) is 0. The zero-order chi connectivity index (χ0) is 17.5. The molecule has 1 heterocycles. The Morgan fingerprint density at radius 1 is 0.913 bits per heavy atom. The van der Waals surface area contributed by atoms with E-state index in [0.29, 0.717) is 12.1 Å². The molecule has 0 atom stereocenters. The van der Waals surface area contributed by atoms with Gasteiger partial charge in [0, 0.05) is 5.41 Å². The van der Waals surface area contributed by atoms with E-state index in [9.17, 15) is 26.3 Å². The van der Waals surface area contributed by atoms with Crippen LogP contribution in [0.15, 0.2) is 18.2 Å². The Bertz CT molecular complexity index is 528. The number of rotatable bonds is 2. The summed E-state index contributed by atoms with van der Waals surface area (Å²) in [7, 11) is -2.04. The van der Waals surface area contributed by atoms with Crippen molar-refractivity contribution in [1.29, 1.82) is 0 Å². The van der Waals surface area contributed by atoms with Crippen LogP contribution in [-0.4, -0.2) is 13.2 Å². The fraction of sp³-hybridized carbons (Fsp3) is 0.538. The first-order chi connectivity index (χ1) is 10.4. The molecule has 23 heavy (non-hydrogen) atoms. The maximum atomic E-state index is 12.7. The Morgan fingerprint density at radius 3 is 1.74 bits per heavy atom.